The monoisotopic (exact) mass is 657 g/mol. The quantitative estimate of drug-likeness (QED) is 0.210. The summed E-state index contributed by atoms with van der Waals surface area (Å²) in [6.07, 6.45) is 6.97. The fraction of sp³-hybridized carbons (Fsp3) is 0.394. The van der Waals surface area contributed by atoms with E-state index in [0.717, 1.165) is 46.9 Å². The average molecular weight is 658 g/mol. The van der Waals surface area contributed by atoms with Gasteiger partial charge in [0.05, 0.1) is 17.2 Å². The lowest BCUT2D eigenvalue weighted by atomic mass is 9.95. The molecule has 0 aliphatic heterocycles. The smallest absolute Gasteiger partial charge is 0.264 e. The van der Waals surface area contributed by atoms with Gasteiger partial charge in [0.25, 0.3) is 10.0 Å². The standard InChI is InChI=1S/C33H40ClN3O5S2/c1-4-42-31-13-9-8-12-30(31)37(44(40,41)29-20-18-28(43-3)19-21-29)23-32(38)36(22-25-14-16-26(34)17-15-25)24(2)33(39)35-27-10-6-5-7-11-27/h8-9,12-21,24,27H,4-7,10-11,22-23H2,1-3H3,(H,35,39)/t24-/m0/s1. The number of rotatable bonds is 13. The number of nitrogens with one attached hydrogen (secondary N) is 1. The van der Waals surface area contributed by atoms with Gasteiger partial charge in [0, 0.05) is 22.5 Å². The molecule has 11 heteroatoms. The molecule has 3 aromatic rings. The minimum Gasteiger partial charge on any atom is -0.492 e. The number of hydrogen-bond acceptors (Lipinski definition) is 6. The molecule has 0 radical (unpaired) electrons. The van der Waals surface area contributed by atoms with Gasteiger partial charge < -0.3 is 15.0 Å². The van der Waals surface area contributed by atoms with Crippen molar-refractivity contribution in [2.24, 2.45) is 0 Å². The number of para-hydroxylation sites is 2. The lowest BCUT2D eigenvalue weighted by molar-refractivity contribution is -0.139. The number of carbonyl (C=O) groups excluding carboxylic acids is 2. The van der Waals surface area contributed by atoms with Crippen molar-refractivity contribution >= 4 is 50.9 Å². The normalized spacial score (nSPS) is 14.5. The van der Waals surface area contributed by atoms with Crippen LogP contribution >= 0.6 is 23.4 Å². The Hall–Kier alpha value is -3.21. The SMILES string of the molecule is CCOc1ccccc1N(CC(=O)N(Cc1ccc(Cl)cc1)[C@@H](C)C(=O)NC1CCCCC1)S(=O)(=O)c1ccc(SC)cc1. The second-order valence-electron chi connectivity index (χ2n) is 10.8. The third kappa shape index (κ3) is 8.49. The van der Waals surface area contributed by atoms with E-state index in [2.05, 4.69) is 5.32 Å². The number of amides is 2. The maximum absolute atomic E-state index is 14.3. The van der Waals surface area contributed by atoms with E-state index in [1.165, 1.54) is 28.8 Å². The molecule has 0 heterocycles. The molecule has 1 aliphatic rings. The summed E-state index contributed by atoms with van der Waals surface area (Å²) in [6, 6.07) is 19.5. The van der Waals surface area contributed by atoms with Crippen LogP contribution in [0, 0.1) is 0 Å². The predicted molar refractivity (Wildman–Crippen MR) is 177 cm³/mol. The minimum atomic E-state index is -4.22. The van der Waals surface area contributed by atoms with Gasteiger partial charge in [-0.1, -0.05) is 55.1 Å². The Bertz CT molecular complexity index is 1510. The summed E-state index contributed by atoms with van der Waals surface area (Å²) < 4.78 is 35.3. The molecule has 2 amide bonds. The first-order valence-corrected chi connectivity index (χ1v) is 17.9. The van der Waals surface area contributed by atoms with Crippen LogP contribution < -0.4 is 14.4 Å². The number of anilines is 1. The molecule has 0 aromatic heterocycles. The van der Waals surface area contributed by atoms with E-state index in [1.807, 2.05) is 13.2 Å². The van der Waals surface area contributed by atoms with E-state index in [-0.39, 0.29) is 29.1 Å². The topological polar surface area (TPSA) is 96.0 Å². The van der Waals surface area contributed by atoms with Crippen molar-refractivity contribution in [3.8, 4) is 5.75 Å². The summed E-state index contributed by atoms with van der Waals surface area (Å²) in [4.78, 5) is 30.1. The van der Waals surface area contributed by atoms with Gasteiger partial charge in [0.2, 0.25) is 11.8 Å². The van der Waals surface area contributed by atoms with Gasteiger partial charge in [-0.25, -0.2) is 8.42 Å². The average Bonchev–Trinajstić information content (AvgIpc) is 3.04. The van der Waals surface area contributed by atoms with Crippen molar-refractivity contribution in [2.75, 3.05) is 23.7 Å². The Morgan fingerprint density at radius 1 is 1.00 bits per heavy atom. The summed E-state index contributed by atoms with van der Waals surface area (Å²) >= 11 is 7.61. The molecule has 44 heavy (non-hydrogen) atoms. The van der Waals surface area contributed by atoms with Crippen LogP contribution in [0.15, 0.2) is 82.6 Å². The van der Waals surface area contributed by atoms with E-state index in [0.29, 0.717) is 17.4 Å². The van der Waals surface area contributed by atoms with Gasteiger partial charge in [-0.05, 0) is 87.0 Å². The van der Waals surface area contributed by atoms with Gasteiger partial charge in [-0.15, -0.1) is 11.8 Å². The zero-order valence-corrected chi connectivity index (χ0v) is 27.8. The number of benzene rings is 3. The van der Waals surface area contributed by atoms with E-state index in [1.54, 1.807) is 67.6 Å². The highest BCUT2D eigenvalue weighted by atomic mass is 35.5. The number of nitrogens with zero attached hydrogens (tertiary/aromatic N) is 2. The Kier molecular flexibility index (Phi) is 12.0. The second-order valence-corrected chi connectivity index (χ2v) is 13.9. The zero-order valence-electron chi connectivity index (χ0n) is 25.4. The summed E-state index contributed by atoms with van der Waals surface area (Å²) in [6.45, 7) is 3.36. The van der Waals surface area contributed by atoms with Crippen molar-refractivity contribution < 1.29 is 22.7 Å². The number of thioether (sulfide) groups is 1. The van der Waals surface area contributed by atoms with Gasteiger partial charge in [0.15, 0.2) is 0 Å². The van der Waals surface area contributed by atoms with Crippen LogP contribution in [0.4, 0.5) is 5.69 Å². The first-order chi connectivity index (χ1) is 21.1. The highest BCUT2D eigenvalue weighted by Gasteiger charge is 2.34. The zero-order chi connectivity index (χ0) is 31.7. The Labute approximate surface area is 270 Å². The maximum Gasteiger partial charge on any atom is 0.264 e. The molecule has 1 atom stereocenters. The van der Waals surface area contributed by atoms with Crippen LogP contribution in [0.5, 0.6) is 5.75 Å². The molecule has 1 aliphatic carbocycles. The van der Waals surface area contributed by atoms with Gasteiger partial charge in [0.1, 0.15) is 18.3 Å². The number of ether oxygens (including phenoxy) is 1. The molecule has 4 rings (SSSR count). The molecule has 1 saturated carbocycles. The highest BCUT2D eigenvalue weighted by molar-refractivity contribution is 7.98. The molecule has 0 saturated heterocycles. The highest BCUT2D eigenvalue weighted by Crippen LogP contribution is 2.33. The summed E-state index contributed by atoms with van der Waals surface area (Å²) in [5.74, 6) is -0.461. The number of halogens is 1. The van der Waals surface area contributed by atoms with Crippen LogP contribution in [0.2, 0.25) is 5.02 Å². The Balaban J connectivity index is 1.71. The molecule has 236 valence electrons. The van der Waals surface area contributed by atoms with E-state index >= 15 is 0 Å². The van der Waals surface area contributed by atoms with Crippen molar-refractivity contribution in [1.82, 2.24) is 10.2 Å². The Morgan fingerprint density at radius 2 is 1.66 bits per heavy atom. The van der Waals surface area contributed by atoms with E-state index < -0.39 is 28.5 Å². The Morgan fingerprint density at radius 3 is 2.30 bits per heavy atom. The molecular weight excluding hydrogens is 618 g/mol. The van der Waals surface area contributed by atoms with Crippen LogP contribution in [0.1, 0.15) is 51.5 Å². The third-order valence-electron chi connectivity index (χ3n) is 7.75. The maximum atomic E-state index is 14.3. The fourth-order valence-corrected chi connectivity index (χ4v) is 7.23. The number of hydrogen-bond donors (Lipinski definition) is 1. The largest absolute Gasteiger partial charge is 0.492 e. The molecular formula is C33H40ClN3O5S2. The molecule has 0 unspecified atom stereocenters. The number of sulfonamides is 1. The van der Waals surface area contributed by atoms with Crippen molar-refractivity contribution in [1.29, 1.82) is 0 Å². The number of carbonyl (C=O) groups is 2. The molecule has 0 bridgehead atoms. The second kappa shape index (κ2) is 15.7. The van der Waals surface area contributed by atoms with Gasteiger partial charge in [-0.2, -0.15) is 0 Å². The summed E-state index contributed by atoms with van der Waals surface area (Å²) in [5.41, 5.74) is 0.999. The minimum absolute atomic E-state index is 0.0433. The van der Waals surface area contributed by atoms with Crippen LogP contribution in [0.3, 0.4) is 0 Å². The van der Waals surface area contributed by atoms with Crippen molar-refractivity contribution in [3.63, 3.8) is 0 Å². The summed E-state index contributed by atoms with van der Waals surface area (Å²) in [7, 11) is -4.22. The van der Waals surface area contributed by atoms with E-state index in [9.17, 15) is 18.0 Å². The lowest BCUT2D eigenvalue weighted by Crippen LogP contribution is -2.53. The van der Waals surface area contributed by atoms with Gasteiger partial charge in [-0.3, -0.25) is 13.9 Å². The van der Waals surface area contributed by atoms with Crippen LogP contribution in [-0.4, -0.2) is 56.6 Å². The lowest BCUT2D eigenvalue weighted by Gasteiger charge is -2.33. The predicted octanol–water partition coefficient (Wildman–Crippen LogP) is 6.52. The first-order valence-electron chi connectivity index (χ1n) is 14.9. The molecule has 3 aromatic carbocycles. The molecule has 0 spiro atoms. The summed E-state index contributed by atoms with van der Waals surface area (Å²) in [5, 5.41) is 3.67. The first kappa shape index (κ1) is 33.7. The molecule has 1 N–H and O–H groups in total. The molecule has 1 fully saturated rings. The van der Waals surface area contributed by atoms with Crippen molar-refractivity contribution in [3.05, 3.63) is 83.4 Å². The van der Waals surface area contributed by atoms with Crippen LogP contribution in [-0.2, 0) is 26.2 Å². The van der Waals surface area contributed by atoms with Crippen LogP contribution in [0.25, 0.3) is 0 Å². The molecule has 8 nitrogen and oxygen atoms in total. The van der Waals surface area contributed by atoms with Crippen molar-refractivity contribution in [2.45, 2.75) is 74.4 Å². The van der Waals surface area contributed by atoms with E-state index in [4.69, 9.17) is 16.3 Å². The third-order valence-corrected chi connectivity index (χ3v) is 10.5. The van der Waals surface area contributed by atoms with Gasteiger partial charge >= 0.3 is 0 Å². The fourth-order valence-electron chi connectivity index (χ4n) is 5.27.